The molecule has 0 saturated carbocycles. The van der Waals surface area contributed by atoms with Gasteiger partial charge in [0, 0.05) is 11.8 Å². The molecule has 0 aromatic rings. The average molecular weight is 413 g/mol. The normalized spacial score (nSPS) is 17.9. The second kappa shape index (κ2) is 15.2. The van der Waals surface area contributed by atoms with Crippen molar-refractivity contribution in [2.24, 2.45) is 5.41 Å². The fourth-order valence-corrected chi connectivity index (χ4v) is 4.14. The maximum absolute atomic E-state index is 11.4. The van der Waals surface area contributed by atoms with Gasteiger partial charge < -0.3 is 14.2 Å². The van der Waals surface area contributed by atoms with Gasteiger partial charge in [-0.25, -0.2) is 0 Å². The summed E-state index contributed by atoms with van der Waals surface area (Å²) in [6, 6.07) is 0. The molecule has 172 valence electrons. The molecule has 0 bridgehead atoms. The zero-order chi connectivity index (χ0) is 21.4. The number of rotatable bonds is 17. The minimum Gasteiger partial charge on any atom is -0.466 e. The molecule has 0 atom stereocenters. The van der Waals surface area contributed by atoms with E-state index in [2.05, 4.69) is 6.92 Å². The van der Waals surface area contributed by atoms with Crippen LogP contribution in [0.1, 0.15) is 124 Å². The summed E-state index contributed by atoms with van der Waals surface area (Å²) in [6.07, 6.45) is 18.1. The molecule has 0 radical (unpaired) electrons. The second-order valence-electron chi connectivity index (χ2n) is 9.42. The molecule has 1 aliphatic rings. The van der Waals surface area contributed by atoms with Crippen LogP contribution in [-0.2, 0) is 19.0 Å². The Labute approximate surface area is 180 Å². The molecule has 1 aliphatic heterocycles. The fourth-order valence-electron chi connectivity index (χ4n) is 4.14. The van der Waals surface area contributed by atoms with Crippen molar-refractivity contribution in [2.75, 3.05) is 19.8 Å². The SMILES string of the molecule is CCCCCCCCCC1(CCCCCCCC(=O)OCC)COC(C)(C)OC1. The third kappa shape index (κ3) is 12.6. The van der Waals surface area contributed by atoms with E-state index in [1.807, 2.05) is 20.8 Å². The van der Waals surface area contributed by atoms with Crippen LogP contribution >= 0.6 is 0 Å². The summed E-state index contributed by atoms with van der Waals surface area (Å²) in [6.45, 7) is 10.3. The number of esters is 1. The van der Waals surface area contributed by atoms with E-state index in [0.29, 0.717) is 13.0 Å². The zero-order valence-electron chi connectivity index (χ0n) is 19.9. The molecule has 1 fully saturated rings. The van der Waals surface area contributed by atoms with Crippen molar-refractivity contribution >= 4 is 5.97 Å². The van der Waals surface area contributed by atoms with Crippen LogP contribution in [0.4, 0.5) is 0 Å². The largest absolute Gasteiger partial charge is 0.466 e. The molecule has 0 unspecified atom stereocenters. The Morgan fingerprint density at radius 3 is 1.76 bits per heavy atom. The fraction of sp³-hybridized carbons (Fsp3) is 0.960. The van der Waals surface area contributed by atoms with Crippen LogP contribution in [0.3, 0.4) is 0 Å². The second-order valence-corrected chi connectivity index (χ2v) is 9.42. The van der Waals surface area contributed by atoms with Crippen molar-refractivity contribution in [2.45, 2.75) is 130 Å². The molecule has 0 aliphatic carbocycles. The van der Waals surface area contributed by atoms with E-state index in [9.17, 15) is 4.79 Å². The molecule has 1 heterocycles. The van der Waals surface area contributed by atoms with Crippen molar-refractivity contribution in [1.29, 1.82) is 0 Å². The van der Waals surface area contributed by atoms with E-state index in [-0.39, 0.29) is 11.4 Å². The lowest BCUT2D eigenvalue weighted by Crippen LogP contribution is -2.46. The number of unbranched alkanes of at least 4 members (excludes halogenated alkanes) is 10. The van der Waals surface area contributed by atoms with E-state index in [0.717, 1.165) is 26.1 Å². The molecule has 1 rings (SSSR count). The van der Waals surface area contributed by atoms with Gasteiger partial charge in [-0.3, -0.25) is 4.79 Å². The molecule has 0 aromatic heterocycles. The number of hydrogen-bond acceptors (Lipinski definition) is 4. The molecule has 4 nitrogen and oxygen atoms in total. The summed E-state index contributed by atoms with van der Waals surface area (Å²) in [7, 11) is 0. The predicted octanol–water partition coefficient (Wildman–Crippen LogP) is 7.19. The topological polar surface area (TPSA) is 44.8 Å². The number of ether oxygens (including phenoxy) is 3. The minimum absolute atomic E-state index is 0.0553. The molecule has 29 heavy (non-hydrogen) atoms. The molecular weight excluding hydrogens is 364 g/mol. The Kier molecular flexibility index (Phi) is 13.9. The Balaban J connectivity index is 2.24. The van der Waals surface area contributed by atoms with Gasteiger partial charge in [0.1, 0.15) is 0 Å². The zero-order valence-corrected chi connectivity index (χ0v) is 19.9. The van der Waals surface area contributed by atoms with Gasteiger partial charge in [0.25, 0.3) is 0 Å². The van der Waals surface area contributed by atoms with Gasteiger partial charge in [0.15, 0.2) is 5.79 Å². The number of carbonyl (C=O) groups is 1. The summed E-state index contributed by atoms with van der Waals surface area (Å²) < 4.78 is 17.1. The number of hydrogen-bond donors (Lipinski definition) is 0. The maximum Gasteiger partial charge on any atom is 0.305 e. The smallest absolute Gasteiger partial charge is 0.305 e. The van der Waals surface area contributed by atoms with Crippen LogP contribution in [-0.4, -0.2) is 31.6 Å². The summed E-state index contributed by atoms with van der Waals surface area (Å²) in [4.78, 5) is 11.4. The third-order valence-corrected chi connectivity index (χ3v) is 6.16. The van der Waals surface area contributed by atoms with Gasteiger partial charge in [-0.15, -0.1) is 0 Å². The summed E-state index contributed by atoms with van der Waals surface area (Å²) >= 11 is 0. The average Bonchev–Trinajstić information content (AvgIpc) is 2.69. The number of carbonyl (C=O) groups excluding carboxylic acids is 1. The van der Waals surface area contributed by atoms with E-state index < -0.39 is 5.79 Å². The van der Waals surface area contributed by atoms with E-state index in [1.54, 1.807) is 0 Å². The lowest BCUT2D eigenvalue weighted by molar-refractivity contribution is -0.288. The minimum atomic E-state index is -0.434. The van der Waals surface area contributed by atoms with Gasteiger partial charge in [-0.2, -0.15) is 0 Å². The van der Waals surface area contributed by atoms with Gasteiger partial charge in [-0.05, 0) is 40.0 Å². The highest BCUT2D eigenvalue weighted by Crippen LogP contribution is 2.38. The van der Waals surface area contributed by atoms with Crippen LogP contribution in [0.5, 0.6) is 0 Å². The Bertz CT molecular complexity index is 409. The van der Waals surface area contributed by atoms with E-state index >= 15 is 0 Å². The van der Waals surface area contributed by atoms with E-state index in [4.69, 9.17) is 14.2 Å². The van der Waals surface area contributed by atoms with Crippen molar-refractivity contribution in [3.63, 3.8) is 0 Å². The first-order chi connectivity index (χ1) is 13.9. The monoisotopic (exact) mass is 412 g/mol. The standard InChI is InChI=1S/C25H48O4/c1-5-7-8-9-10-13-16-19-25(21-28-24(3,4)29-22-25)20-17-14-11-12-15-18-23(26)27-6-2/h5-22H2,1-4H3. The lowest BCUT2D eigenvalue weighted by Gasteiger charge is -2.44. The molecule has 0 N–H and O–H groups in total. The van der Waals surface area contributed by atoms with Gasteiger partial charge in [-0.1, -0.05) is 77.6 Å². The Morgan fingerprint density at radius 2 is 1.24 bits per heavy atom. The Morgan fingerprint density at radius 1 is 0.759 bits per heavy atom. The van der Waals surface area contributed by atoms with Crippen LogP contribution in [0.25, 0.3) is 0 Å². The first-order valence-corrected chi connectivity index (χ1v) is 12.4. The summed E-state index contributed by atoms with van der Waals surface area (Å²) in [5.74, 6) is -0.489. The van der Waals surface area contributed by atoms with Crippen LogP contribution < -0.4 is 0 Å². The lowest BCUT2D eigenvalue weighted by atomic mass is 9.78. The van der Waals surface area contributed by atoms with Crippen molar-refractivity contribution in [1.82, 2.24) is 0 Å². The predicted molar refractivity (Wildman–Crippen MR) is 120 cm³/mol. The molecule has 0 aromatic carbocycles. The van der Waals surface area contributed by atoms with Gasteiger partial charge in [0.2, 0.25) is 0 Å². The van der Waals surface area contributed by atoms with Gasteiger partial charge >= 0.3 is 5.97 Å². The Hall–Kier alpha value is -0.610. The molecular formula is C25H48O4. The van der Waals surface area contributed by atoms with Crippen LogP contribution in [0, 0.1) is 5.41 Å². The van der Waals surface area contributed by atoms with Crippen molar-refractivity contribution in [3.8, 4) is 0 Å². The molecule has 4 heteroatoms. The highest BCUT2D eigenvalue weighted by Gasteiger charge is 2.39. The van der Waals surface area contributed by atoms with Gasteiger partial charge in [0.05, 0.1) is 19.8 Å². The molecule has 1 saturated heterocycles. The molecule has 0 spiro atoms. The quantitative estimate of drug-likeness (QED) is 0.187. The highest BCUT2D eigenvalue weighted by atomic mass is 16.7. The van der Waals surface area contributed by atoms with Crippen LogP contribution in [0.2, 0.25) is 0 Å². The first kappa shape index (κ1) is 26.4. The third-order valence-electron chi connectivity index (χ3n) is 6.16. The summed E-state index contributed by atoms with van der Waals surface area (Å²) in [5, 5.41) is 0. The summed E-state index contributed by atoms with van der Waals surface area (Å²) in [5.41, 5.74) is 0.198. The molecule has 0 amide bonds. The van der Waals surface area contributed by atoms with Crippen molar-refractivity contribution in [3.05, 3.63) is 0 Å². The van der Waals surface area contributed by atoms with Crippen molar-refractivity contribution < 1.29 is 19.0 Å². The first-order valence-electron chi connectivity index (χ1n) is 12.4. The maximum atomic E-state index is 11.4. The van der Waals surface area contributed by atoms with Crippen LogP contribution in [0.15, 0.2) is 0 Å². The highest BCUT2D eigenvalue weighted by molar-refractivity contribution is 5.69. The van der Waals surface area contributed by atoms with E-state index in [1.165, 1.54) is 77.0 Å².